The van der Waals surface area contributed by atoms with E-state index in [4.69, 9.17) is 14.2 Å². The molecule has 0 radical (unpaired) electrons. The molecule has 7 nitrogen and oxygen atoms in total. The SMILES string of the molecule is O=C1CCC2(CN(CCOCCOCCOC3CCCC3)C2)C(=O)N1. The maximum atomic E-state index is 11.9. The number of carbonyl (C=O) groups is 2. The van der Waals surface area contributed by atoms with Gasteiger partial charge < -0.3 is 14.2 Å². The number of imide groups is 1. The van der Waals surface area contributed by atoms with Crippen molar-refractivity contribution in [3.05, 3.63) is 0 Å². The number of nitrogens with one attached hydrogen (secondary N) is 1. The van der Waals surface area contributed by atoms with Gasteiger partial charge in [0, 0.05) is 26.1 Å². The van der Waals surface area contributed by atoms with E-state index in [9.17, 15) is 9.59 Å². The lowest BCUT2D eigenvalue weighted by Crippen LogP contribution is -2.66. The van der Waals surface area contributed by atoms with Gasteiger partial charge in [-0.3, -0.25) is 19.8 Å². The van der Waals surface area contributed by atoms with Gasteiger partial charge in [-0.1, -0.05) is 12.8 Å². The van der Waals surface area contributed by atoms with Crippen molar-refractivity contribution in [3.8, 4) is 0 Å². The number of likely N-dealkylation sites (tertiary alicyclic amines) is 1. The van der Waals surface area contributed by atoms with Crippen molar-refractivity contribution in [2.45, 2.75) is 44.6 Å². The van der Waals surface area contributed by atoms with Crippen LogP contribution in [-0.2, 0) is 23.8 Å². The molecule has 3 aliphatic rings. The summed E-state index contributed by atoms with van der Waals surface area (Å²) in [7, 11) is 0. The van der Waals surface area contributed by atoms with Crippen LogP contribution >= 0.6 is 0 Å². The van der Waals surface area contributed by atoms with Crippen LogP contribution in [0.25, 0.3) is 0 Å². The number of amides is 2. The Morgan fingerprint density at radius 2 is 1.68 bits per heavy atom. The summed E-state index contributed by atoms with van der Waals surface area (Å²) in [6, 6.07) is 0. The summed E-state index contributed by atoms with van der Waals surface area (Å²) >= 11 is 0. The molecular weight excluding hydrogens is 324 g/mol. The Hall–Kier alpha value is -1.02. The van der Waals surface area contributed by atoms with Gasteiger partial charge in [-0.2, -0.15) is 0 Å². The second-order valence-corrected chi connectivity index (χ2v) is 7.37. The predicted octanol–water partition coefficient (Wildman–Crippen LogP) is 0.717. The fourth-order valence-electron chi connectivity index (χ4n) is 3.90. The second kappa shape index (κ2) is 9.07. The molecule has 2 saturated heterocycles. The molecule has 25 heavy (non-hydrogen) atoms. The fourth-order valence-corrected chi connectivity index (χ4v) is 3.90. The number of rotatable bonds is 10. The predicted molar refractivity (Wildman–Crippen MR) is 91.1 cm³/mol. The fraction of sp³-hybridized carbons (Fsp3) is 0.889. The Morgan fingerprint density at radius 1 is 1.00 bits per heavy atom. The van der Waals surface area contributed by atoms with Gasteiger partial charge in [-0.05, 0) is 19.3 Å². The molecule has 0 unspecified atom stereocenters. The Bertz CT molecular complexity index is 458. The summed E-state index contributed by atoms with van der Waals surface area (Å²) in [4.78, 5) is 25.3. The number of carbonyl (C=O) groups excluding carboxylic acids is 2. The van der Waals surface area contributed by atoms with Crippen molar-refractivity contribution < 1.29 is 23.8 Å². The first-order chi connectivity index (χ1) is 12.2. The van der Waals surface area contributed by atoms with Crippen molar-refractivity contribution in [1.29, 1.82) is 0 Å². The van der Waals surface area contributed by atoms with E-state index >= 15 is 0 Å². The minimum Gasteiger partial charge on any atom is -0.378 e. The molecule has 3 fully saturated rings. The van der Waals surface area contributed by atoms with Gasteiger partial charge in [-0.15, -0.1) is 0 Å². The first-order valence-electron chi connectivity index (χ1n) is 9.52. The van der Waals surface area contributed by atoms with Crippen LogP contribution in [0.5, 0.6) is 0 Å². The third kappa shape index (κ3) is 5.23. The van der Waals surface area contributed by atoms with Gasteiger partial charge in [-0.25, -0.2) is 0 Å². The number of piperidine rings is 1. The average molecular weight is 354 g/mol. The van der Waals surface area contributed by atoms with Crippen molar-refractivity contribution in [1.82, 2.24) is 10.2 Å². The number of hydrogen-bond acceptors (Lipinski definition) is 6. The Kier molecular flexibility index (Phi) is 6.81. The third-order valence-corrected chi connectivity index (χ3v) is 5.43. The van der Waals surface area contributed by atoms with E-state index < -0.39 is 0 Å². The quantitative estimate of drug-likeness (QED) is 0.460. The largest absolute Gasteiger partial charge is 0.378 e. The van der Waals surface area contributed by atoms with Crippen LogP contribution in [0.3, 0.4) is 0 Å². The molecule has 0 aromatic carbocycles. The highest BCUT2D eigenvalue weighted by molar-refractivity contribution is 6.01. The average Bonchev–Trinajstić information content (AvgIpc) is 3.06. The van der Waals surface area contributed by atoms with E-state index in [0.29, 0.717) is 52.0 Å². The van der Waals surface area contributed by atoms with Crippen LogP contribution in [0, 0.1) is 5.41 Å². The molecular formula is C18H30N2O5. The molecule has 1 saturated carbocycles. The van der Waals surface area contributed by atoms with Gasteiger partial charge in [0.15, 0.2) is 0 Å². The highest BCUT2D eigenvalue weighted by Gasteiger charge is 2.51. The number of hydrogen-bond donors (Lipinski definition) is 1. The zero-order valence-electron chi connectivity index (χ0n) is 15.0. The molecule has 0 aromatic heterocycles. The van der Waals surface area contributed by atoms with Crippen LogP contribution in [0.15, 0.2) is 0 Å². The molecule has 2 amide bonds. The van der Waals surface area contributed by atoms with Gasteiger partial charge in [0.2, 0.25) is 11.8 Å². The first-order valence-corrected chi connectivity index (χ1v) is 9.52. The van der Waals surface area contributed by atoms with Gasteiger partial charge >= 0.3 is 0 Å². The summed E-state index contributed by atoms with van der Waals surface area (Å²) in [6.07, 6.45) is 6.55. The number of nitrogens with zero attached hydrogens (tertiary/aromatic N) is 1. The molecule has 3 rings (SSSR count). The Balaban J connectivity index is 1.13. The summed E-state index contributed by atoms with van der Waals surface area (Å²) in [5.74, 6) is -0.250. The van der Waals surface area contributed by atoms with Crippen molar-refractivity contribution in [2.24, 2.45) is 5.41 Å². The summed E-state index contributed by atoms with van der Waals surface area (Å²) < 4.78 is 16.8. The number of ether oxygens (including phenoxy) is 3. The summed E-state index contributed by atoms with van der Waals surface area (Å²) in [6.45, 7) is 5.37. The molecule has 1 N–H and O–H groups in total. The zero-order chi connectivity index (χ0) is 17.5. The van der Waals surface area contributed by atoms with Crippen LogP contribution in [-0.4, -0.2) is 75.5 Å². The maximum absolute atomic E-state index is 11.9. The van der Waals surface area contributed by atoms with E-state index in [0.717, 1.165) is 19.6 Å². The molecule has 0 atom stereocenters. The lowest BCUT2D eigenvalue weighted by Gasteiger charge is -2.50. The molecule has 2 heterocycles. The highest BCUT2D eigenvalue weighted by Crippen LogP contribution is 2.37. The zero-order valence-corrected chi connectivity index (χ0v) is 15.0. The Labute approximate surface area is 149 Å². The topological polar surface area (TPSA) is 77.1 Å². The van der Waals surface area contributed by atoms with Crippen LogP contribution in [0.4, 0.5) is 0 Å². The lowest BCUT2D eigenvalue weighted by atomic mass is 9.73. The molecule has 2 aliphatic heterocycles. The monoisotopic (exact) mass is 354 g/mol. The van der Waals surface area contributed by atoms with Crippen molar-refractivity contribution in [3.63, 3.8) is 0 Å². The third-order valence-electron chi connectivity index (χ3n) is 5.43. The van der Waals surface area contributed by atoms with Gasteiger partial charge in [0.25, 0.3) is 0 Å². The normalized spacial score (nSPS) is 23.8. The first kappa shape index (κ1) is 18.8. The maximum Gasteiger partial charge on any atom is 0.235 e. The standard InChI is InChI=1S/C18H30N2O5/c21-16-5-6-18(17(22)19-16)13-20(14-18)7-8-23-9-10-24-11-12-25-15-3-1-2-4-15/h15H,1-14H2,(H,19,21,22). The van der Waals surface area contributed by atoms with E-state index in [1.54, 1.807) is 0 Å². The van der Waals surface area contributed by atoms with E-state index in [1.807, 2.05) is 0 Å². The van der Waals surface area contributed by atoms with Crippen LogP contribution in [0.2, 0.25) is 0 Å². The van der Waals surface area contributed by atoms with Crippen LogP contribution < -0.4 is 5.32 Å². The van der Waals surface area contributed by atoms with Crippen LogP contribution in [0.1, 0.15) is 38.5 Å². The highest BCUT2D eigenvalue weighted by atomic mass is 16.5. The minimum absolute atomic E-state index is 0.103. The van der Waals surface area contributed by atoms with Gasteiger partial charge in [0.05, 0.1) is 44.6 Å². The molecule has 142 valence electrons. The van der Waals surface area contributed by atoms with Crippen molar-refractivity contribution in [2.75, 3.05) is 52.7 Å². The van der Waals surface area contributed by atoms with E-state index in [-0.39, 0.29) is 17.2 Å². The van der Waals surface area contributed by atoms with Crippen molar-refractivity contribution >= 4 is 11.8 Å². The van der Waals surface area contributed by atoms with Gasteiger partial charge in [0.1, 0.15) is 0 Å². The molecule has 0 aromatic rings. The van der Waals surface area contributed by atoms with E-state index in [2.05, 4.69) is 10.2 Å². The van der Waals surface area contributed by atoms with E-state index in [1.165, 1.54) is 25.7 Å². The minimum atomic E-state index is -0.337. The summed E-state index contributed by atoms with van der Waals surface area (Å²) in [5, 5.41) is 2.45. The second-order valence-electron chi connectivity index (χ2n) is 7.37. The molecule has 1 aliphatic carbocycles. The Morgan fingerprint density at radius 3 is 2.40 bits per heavy atom. The molecule has 7 heteroatoms. The lowest BCUT2D eigenvalue weighted by molar-refractivity contribution is -0.152. The molecule has 0 bridgehead atoms. The smallest absolute Gasteiger partial charge is 0.235 e. The summed E-state index contributed by atoms with van der Waals surface area (Å²) in [5.41, 5.74) is -0.337. The molecule has 1 spiro atoms.